The standard InChI is InChI=1S/C60H38N2O/c1-2-15-42-37-59-54(36-41(42)14-1)60-53(22-12-26-58(60)63-59)52-21-7-8-23-55(52)61(46-16-11-17-47(38-46)62-56-24-9-5-19-50(56)51-20-6-10-25-57(51)62)45-32-29-39(30-33-45)43-31-34-49-44(35-43)28-27-40-13-3-4-18-48(40)49/h1-38H. The van der Waals surface area contributed by atoms with E-state index in [4.69, 9.17) is 4.42 Å². The Labute approximate surface area is 363 Å². The molecule has 0 spiro atoms. The van der Waals surface area contributed by atoms with Crippen molar-refractivity contribution in [3.05, 3.63) is 231 Å². The summed E-state index contributed by atoms with van der Waals surface area (Å²) in [6.07, 6.45) is 0. The Kier molecular flexibility index (Phi) is 7.91. The maximum atomic E-state index is 6.61. The van der Waals surface area contributed by atoms with E-state index >= 15 is 0 Å². The molecule has 0 radical (unpaired) electrons. The van der Waals surface area contributed by atoms with Gasteiger partial charge in [-0.15, -0.1) is 0 Å². The molecule has 13 aromatic rings. The van der Waals surface area contributed by atoms with Crippen molar-refractivity contribution in [1.29, 1.82) is 0 Å². The zero-order chi connectivity index (χ0) is 41.4. The number of aromatic nitrogens is 1. The van der Waals surface area contributed by atoms with E-state index in [0.717, 1.165) is 55.8 Å². The van der Waals surface area contributed by atoms with Crippen LogP contribution in [-0.2, 0) is 0 Å². The molecule has 2 aromatic heterocycles. The molecule has 294 valence electrons. The van der Waals surface area contributed by atoms with Crippen LogP contribution < -0.4 is 4.90 Å². The second kappa shape index (κ2) is 14.1. The highest BCUT2D eigenvalue weighted by Gasteiger charge is 2.22. The van der Waals surface area contributed by atoms with Crippen molar-refractivity contribution >= 4 is 93.1 Å². The first-order valence-corrected chi connectivity index (χ1v) is 21.6. The molecule has 0 amide bonds. The second-order valence-electron chi connectivity index (χ2n) is 16.5. The van der Waals surface area contributed by atoms with Crippen LogP contribution in [0.25, 0.3) is 104 Å². The summed E-state index contributed by atoms with van der Waals surface area (Å²) in [6.45, 7) is 0. The van der Waals surface area contributed by atoms with E-state index in [1.54, 1.807) is 0 Å². The average molecular weight is 803 g/mol. The topological polar surface area (TPSA) is 21.3 Å². The van der Waals surface area contributed by atoms with Crippen LogP contribution in [0.15, 0.2) is 235 Å². The lowest BCUT2D eigenvalue weighted by molar-refractivity contribution is 0.669. The van der Waals surface area contributed by atoms with Gasteiger partial charge in [0.1, 0.15) is 11.2 Å². The third-order valence-electron chi connectivity index (χ3n) is 12.9. The van der Waals surface area contributed by atoms with Crippen LogP contribution >= 0.6 is 0 Å². The minimum atomic E-state index is 0.875. The molecule has 3 heteroatoms. The summed E-state index contributed by atoms with van der Waals surface area (Å²) < 4.78 is 9.00. The van der Waals surface area contributed by atoms with E-state index in [1.807, 2.05) is 0 Å². The molecule has 3 nitrogen and oxygen atoms in total. The van der Waals surface area contributed by atoms with Crippen LogP contribution in [0.4, 0.5) is 17.1 Å². The summed E-state index contributed by atoms with van der Waals surface area (Å²) in [5.41, 5.74) is 13.0. The predicted octanol–water partition coefficient (Wildman–Crippen LogP) is 16.9. The van der Waals surface area contributed by atoms with Gasteiger partial charge >= 0.3 is 0 Å². The maximum absolute atomic E-state index is 6.61. The van der Waals surface area contributed by atoms with Crippen molar-refractivity contribution in [2.45, 2.75) is 0 Å². The molecule has 0 aliphatic carbocycles. The van der Waals surface area contributed by atoms with E-state index in [0.29, 0.717) is 0 Å². The van der Waals surface area contributed by atoms with Crippen molar-refractivity contribution in [3.8, 4) is 27.9 Å². The third kappa shape index (κ3) is 5.67. The number of fused-ring (bicyclic) bond motifs is 10. The van der Waals surface area contributed by atoms with Gasteiger partial charge in [0.25, 0.3) is 0 Å². The van der Waals surface area contributed by atoms with Gasteiger partial charge in [-0.1, -0.05) is 158 Å². The Balaban J connectivity index is 1.01. The Hall–Kier alpha value is -8.40. The van der Waals surface area contributed by atoms with Gasteiger partial charge in [0.15, 0.2) is 0 Å². The number of nitrogens with zero attached hydrogens (tertiary/aromatic N) is 2. The number of furan rings is 1. The molecule has 0 unspecified atom stereocenters. The third-order valence-corrected chi connectivity index (χ3v) is 12.9. The first-order chi connectivity index (χ1) is 31.2. The van der Waals surface area contributed by atoms with E-state index in [9.17, 15) is 0 Å². The SMILES string of the molecule is c1cc(N(c2ccc(-c3ccc4c(ccc5ccccc54)c3)cc2)c2ccccc2-c2cccc3oc4cc5ccccc5cc4c23)cc(-n2c3ccccc3c3ccccc32)c1. The molecule has 0 saturated carbocycles. The molecule has 0 bridgehead atoms. The number of anilines is 3. The van der Waals surface area contributed by atoms with E-state index < -0.39 is 0 Å². The van der Waals surface area contributed by atoms with Gasteiger partial charge in [0, 0.05) is 44.2 Å². The maximum Gasteiger partial charge on any atom is 0.136 e. The summed E-state index contributed by atoms with van der Waals surface area (Å²) in [4.78, 5) is 2.42. The molecule has 0 N–H and O–H groups in total. The molecule has 2 heterocycles. The average Bonchev–Trinajstić information content (AvgIpc) is 3.89. The van der Waals surface area contributed by atoms with E-state index in [1.165, 1.54) is 65.3 Å². The lowest BCUT2D eigenvalue weighted by Crippen LogP contribution is -2.12. The smallest absolute Gasteiger partial charge is 0.136 e. The molecule has 0 saturated heterocycles. The van der Waals surface area contributed by atoms with Crippen LogP contribution in [0.2, 0.25) is 0 Å². The zero-order valence-electron chi connectivity index (χ0n) is 34.2. The fraction of sp³-hybridized carbons (Fsp3) is 0. The van der Waals surface area contributed by atoms with Crippen LogP contribution in [0.1, 0.15) is 0 Å². The molecular formula is C60H38N2O. The largest absolute Gasteiger partial charge is 0.456 e. The molecule has 63 heavy (non-hydrogen) atoms. The molecule has 11 aromatic carbocycles. The van der Waals surface area contributed by atoms with Crippen LogP contribution in [0, 0.1) is 0 Å². The summed E-state index contributed by atoms with van der Waals surface area (Å²) in [5.74, 6) is 0. The minimum absolute atomic E-state index is 0.875. The van der Waals surface area contributed by atoms with Crippen LogP contribution in [-0.4, -0.2) is 4.57 Å². The monoisotopic (exact) mass is 802 g/mol. The van der Waals surface area contributed by atoms with E-state index in [2.05, 4.69) is 240 Å². The number of benzene rings is 11. The van der Waals surface area contributed by atoms with Gasteiger partial charge in [-0.25, -0.2) is 0 Å². The first-order valence-electron chi connectivity index (χ1n) is 21.6. The highest BCUT2D eigenvalue weighted by molar-refractivity contribution is 6.17. The number of hydrogen-bond acceptors (Lipinski definition) is 2. The Morgan fingerprint density at radius 1 is 0.333 bits per heavy atom. The first kappa shape index (κ1) is 35.4. The molecule has 0 fully saturated rings. The highest BCUT2D eigenvalue weighted by Crippen LogP contribution is 2.46. The molecule has 13 rings (SSSR count). The molecule has 0 atom stereocenters. The van der Waals surface area contributed by atoms with Crippen molar-refractivity contribution in [2.75, 3.05) is 4.90 Å². The van der Waals surface area contributed by atoms with Crippen molar-refractivity contribution in [1.82, 2.24) is 4.57 Å². The molecular weight excluding hydrogens is 765 g/mol. The van der Waals surface area contributed by atoms with Gasteiger partial charge in [-0.2, -0.15) is 0 Å². The van der Waals surface area contributed by atoms with Gasteiger partial charge in [-0.05, 0) is 122 Å². The summed E-state index contributed by atoms with van der Waals surface area (Å²) >= 11 is 0. The van der Waals surface area contributed by atoms with Crippen LogP contribution in [0.3, 0.4) is 0 Å². The van der Waals surface area contributed by atoms with Crippen molar-refractivity contribution < 1.29 is 4.42 Å². The molecule has 0 aliphatic heterocycles. The zero-order valence-corrected chi connectivity index (χ0v) is 34.2. The second-order valence-corrected chi connectivity index (χ2v) is 16.5. The Morgan fingerprint density at radius 2 is 0.952 bits per heavy atom. The van der Waals surface area contributed by atoms with E-state index in [-0.39, 0.29) is 0 Å². The highest BCUT2D eigenvalue weighted by atomic mass is 16.3. The summed E-state index contributed by atoms with van der Waals surface area (Å²) in [7, 11) is 0. The fourth-order valence-electron chi connectivity index (χ4n) is 10.0. The van der Waals surface area contributed by atoms with Gasteiger partial charge in [-0.3, -0.25) is 0 Å². The Morgan fingerprint density at radius 3 is 1.76 bits per heavy atom. The van der Waals surface area contributed by atoms with Crippen molar-refractivity contribution in [3.63, 3.8) is 0 Å². The van der Waals surface area contributed by atoms with Gasteiger partial charge in [0.05, 0.1) is 16.7 Å². The summed E-state index contributed by atoms with van der Waals surface area (Å²) in [5, 5.41) is 12.1. The van der Waals surface area contributed by atoms with Crippen LogP contribution in [0.5, 0.6) is 0 Å². The lowest BCUT2D eigenvalue weighted by Gasteiger charge is -2.29. The fourth-order valence-corrected chi connectivity index (χ4v) is 10.0. The van der Waals surface area contributed by atoms with Gasteiger partial charge < -0.3 is 13.9 Å². The van der Waals surface area contributed by atoms with Crippen molar-refractivity contribution in [2.24, 2.45) is 0 Å². The quantitative estimate of drug-likeness (QED) is 0.156. The number of rotatable bonds is 6. The predicted molar refractivity (Wildman–Crippen MR) is 266 cm³/mol. The number of hydrogen-bond donors (Lipinski definition) is 0. The Bertz CT molecular complexity index is 3870. The molecule has 0 aliphatic rings. The minimum Gasteiger partial charge on any atom is -0.456 e. The summed E-state index contributed by atoms with van der Waals surface area (Å²) in [6, 6.07) is 83.6. The van der Waals surface area contributed by atoms with Gasteiger partial charge in [0.2, 0.25) is 0 Å². The number of para-hydroxylation sites is 3. The normalized spacial score (nSPS) is 11.8. The lowest BCUT2D eigenvalue weighted by atomic mass is 9.95.